The van der Waals surface area contributed by atoms with Gasteiger partial charge in [0.15, 0.2) is 0 Å². The monoisotopic (exact) mass is 295 g/mol. The number of anilines is 1. The second kappa shape index (κ2) is 5.71. The van der Waals surface area contributed by atoms with Crippen LogP contribution in [0.1, 0.15) is 25.7 Å². The largest absolute Gasteiger partial charge is 0.380 e. The van der Waals surface area contributed by atoms with Gasteiger partial charge in [-0.05, 0) is 44.4 Å². The van der Waals surface area contributed by atoms with E-state index in [1.54, 1.807) is 12.1 Å². The first-order chi connectivity index (χ1) is 9.65. The minimum Gasteiger partial charge on any atom is -0.380 e. The lowest BCUT2D eigenvalue weighted by Gasteiger charge is -2.25. The number of sulfonamides is 1. The molecule has 1 aliphatic heterocycles. The molecule has 1 heterocycles. The van der Waals surface area contributed by atoms with Crippen LogP contribution in [-0.2, 0) is 10.0 Å². The number of hydrogen-bond acceptors (Lipinski definition) is 4. The van der Waals surface area contributed by atoms with E-state index < -0.39 is 10.0 Å². The number of rotatable bonds is 5. The molecule has 110 valence electrons. The molecule has 1 aromatic carbocycles. The number of para-hydroxylation sites is 1. The number of benzene rings is 1. The Bertz CT molecular complexity index is 564. The van der Waals surface area contributed by atoms with Crippen LogP contribution in [0.25, 0.3) is 0 Å². The third-order valence-electron chi connectivity index (χ3n) is 3.73. The molecule has 0 amide bonds. The molecule has 3 rings (SSSR count). The minimum absolute atomic E-state index is 0.129. The van der Waals surface area contributed by atoms with E-state index in [2.05, 4.69) is 15.4 Å². The smallest absolute Gasteiger partial charge is 0.242 e. The molecule has 0 spiro atoms. The summed E-state index contributed by atoms with van der Waals surface area (Å²) in [6.07, 6.45) is 4.08. The molecular formula is C14H21N3O2S. The highest BCUT2D eigenvalue weighted by molar-refractivity contribution is 7.89. The lowest BCUT2D eigenvalue weighted by Crippen LogP contribution is -2.39. The molecule has 0 radical (unpaired) electrons. The Morgan fingerprint density at radius 1 is 1.10 bits per heavy atom. The molecule has 20 heavy (non-hydrogen) atoms. The lowest BCUT2D eigenvalue weighted by atomic mass is 10.1. The summed E-state index contributed by atoms with van der Waals surface area (Å²) in [6, 6.07) is 7.57. The van der Waals surface area contributed by atoms with Gasteiger partial charge in [0.25, 0.3) is 0 Å². The van der Waals surface area contributed by atoms with Gasteiger partial charge in [-0.15, -0.1) is 0 Å². The predicted octanol–water partition coefficient (Wildman–Crippen LogP) is 1.29. The third-order valence-corrected chi connectivity index (χ3v) is 5.31. The third kappa shape index (κ3) is 3.31. The fraction of sp³-hybridized carbons (Fsp3) is 0.571. The summed E-state index contributed by atoms with van der Waals surface area (Å²) in [7, 11) is -3.41. The fourth-order valence-corrected chi connectivity index (χ4v) is 3.97. The highest BCUT2D eigenvalue weighted by Gasteiger charge is 2.29. The van der Waals surface area contributed by atoms with Crippen molar-refractivity contribution in [3.8, 4) is 0 Å². The van der Waals surface area contributed by atoms with Crippen molar-refractivity contribution in [2.75, 3.05) is 18.4 Å². The van der Waals surface area contributed by atoms with Gasteiger partial charge in [0.05, 0.1) is 5.69 Å². The van der Waals surface area contributed by atoms with Gasteiger partial charge in [-0.1, -0.05) is 12.1 Å². The first kappa shape index (κ1) is 13.9. The van der Waals surface area contributed by atoms with Crippen LogP contribution in [0.15, 0.2) is 29.2 Å². The molecule has 1 atom stereocenters. The Morgan fingerprint density at radius 3 is 2.60 bits per heavy atom. The van der Waals surface area contributed by atoms with Crippen molar-refractivity contribution in [3.63, 3.8) is 0 Å². The van der Waals surface area contributed by atoms with Gasteiger partial charge in [0, 0.05) is 18.6 Å². The zero-order chi connectivity index (χ0) is 14.0. The van der Waals surface area contributed by atoms with Crippen molar-refractivity contribution in [1.82, 2.24) is 10.0 Å². The second-order valence-corrected chi connectivity index (χ2v) is 7.26. The van der Waals surface area contributed by atoms with E-state index in [4.69, 9.17) is 0 Å². The van der Waals surface area contributed by atoms with Gasteiger partial charge in [-0.25, -0.2) is 13.1 Å². The van der Waals surface area contributed by atoms with Crippen molar-refractivity contribution in [1.29, 1.82) is 0 Å². The summed E-state index contributed by atoms with van der Waals surface area (Å²) < 4.78 is 27.5. The van der Waals surface area contributed by atoms with Crippen LogP contribution >= 0.6 is 0 Å². The minimum atomic E-state index is -3.41. The van der Waals surface area contributed by atoms with Crippen LogP contribution < -0.4 is 15.4 Å². The van der Waals surface area contributed by atoms with Crippen molar-refractivity contribution < 1.29 is 8.42 Å². The van der Waals surface area contributed by atoms with E-state index in [1.807, 2.05) is 12.1 Å². The van der Waals surface area contributed by atoms with E-state index in [0.717, 1.165) is 38.8 Å². The molecule has 2 aliphatic rings. The molecule has 1 saturated heterocycles. The van der Waals surface area contributed by atoms with Crippen molar-refractivity contribution in [2.24, 2.45) is 0 Å². The lowest BCUT2D eigenvalue weighted by molar-refractivity contribution is 0.479. The molecular weight excluding hydrogens is 274 g/mol. The quantitative estimate of drug-likeness (QED) is 0.765. The van der Waals surface area contributed by atoms with Crippen molar-refractivity contribution in [3.05, 3.63) is 24.3 Å². The first-order valence-corrected chi connectivity index (χ1v) is 8.72. The van der Waals surface area contributed by atoms with E-state index in [9.17, 15) is 8.42 Å². The van der Waals surface area contributed by atoms with Gasteiger partial charge in [0.2, 0.25) is 10.0 Å². The summed E-state index contributed by atoms with van der Waals surface area (Å²) in [6.45, 7) is 1.92. The van der Waals surface area contributed by atoms with E-state index in [0.29, 0.717) is 16.6 Å². The molecule has 1 aromatic rings. The topological polar surface area (TPSA) is 70.2 Å². The molecule has 0 bridgehead atoms. The summed E-state index contributed by atoms with van der Waals surface area (Å²) >= 11 is 0. The maximum atomic E-state index is 12.4. The zero-order valence-electron chi connectivity index (χ0n) is 11.4. The summed E-state index contributed by atoms with van der Waals surface area (Å²) in [5.74, 6) is 0. The molecule has 1 aliphatic carbocycles. The van der Waals surface area contributed by atoms with Crippen molar-refractivity contribution >= 4 is 15.7 Å². The van der Waals surface area contributed by atoms with E-state index >= 15 is 0 Å². The van der Waals surface area contributed by atoms with E-state index in [-0.39, 0.29) is 6.04 Å². The SMILES string of the molecule is O=S(=O)(NC1CC1)c1ccccc1NC1CCCNC1. The Labute approximate surface area is 120 Å². The molecule has 5 nitrogen and oxygen atoms in total. The summed E-state index contributed by atoms with van der Waals surface area (Å²) in [5, 5.41) is 6.70. The molecule has 0 aromatic heterocycles. The number of hydrogen-bond donors (Lipinski definition) is 3. The summed E-state index contributed by atoms with van der Waals surface area (Å²) in [4.78, 5) is 0.359. The number of nitrogens with one attached hydrogen (secondary N) is 3. The Kier molecular flexibility index (Phi) is 3.96. The van der Waals surface area contributed by atoms with Gasteiger partial charge in [-0.2, -0.15) is 0 Å². The average Bonchev–Trinajstić information content (AvgIpc) is 3.24. The maximum absolute atomic E-state index is 12.4. The molecule has 1 saturated carbocycles. The Morgan fingerprint density at radius 2 is 1.90 bits per heavy atom. The summed E-state index contributed by atoms with van der Waals surface area (Å²) in [5.41, 5.74) is 0.703. The van der Waals surface area contributed by atoms with Crippen LogP contribution in [0.5, 0.6) is 0 Å². The highest BCUT2D eigenvalue weighted by Crippen LogP contribution is 2.26. The maximum Gasteiger partial charge on any atom is 0.242 e. The Balaban J connectivity index is 1.79. The van der Waals surface area contributed by atoms with Crippen LogP contribution in [0.4, 0.5) is 5.69 Å². The van der Waals surface area contributed by atoms with Gasteiger partial charge in [-0.3, -0.25) is 0 Å². The van der Waals surface area contributed by atoms with Gasteiger partial charge in [0.1, 0.15) is 4.90 Å². The Hall–Kier alpha value is -1.11. The zero-order valence-corrected chi connectivity index (χ0v) is 12.2. The fourth-order valence-electron chi connectivity index (χ4n) is 2.50. The predicted molar refractivity (Wildman–Crippen MR) is 79.3 cm³/mol. The molecule has 3 N–H and O–H groups in total. The first-order valence-electron chi connectivity index (χ1n) is 7.24. The molecule has 6 heteroatoms. The van der Waals surface area contributed by atoms with Crippen LogP contribution in [0.3, 0.4) is 0 Å². The number of piperidine rings is 1. The van der Waals surface area contributed by atoms with Crippen LogP contribution in [-0.4, -0.2) is 33.6 Å². The molecule has 2 fully saturated rings. The van der Waals surface area contributed by atoms with Gasteiger partial charge >= 0.3 is 0 Å². The van der Waals surface area contributed by atoms with Crippen LogP contribution in [0.2, 0.25) is 0 Å². The van der Waals surface area contributed by atoms with E-state index in [1.165, 1.54) is 0 Å². The second-order valence-electron chi connectivity index (χ2n) is 5.58. The van der Waals surface area contributed by atoms with Crippen molar-refractivity contribution in [2.45, 2.75) is 42.7 Å². The highest BCUT2D eigenvalue weighted by atomic mass is 32.2. The molecule has 1 unspecified atom stereocenters. The normalized spacial score (nSPS) is 23.5. The average molecular weight is 295 g/mol. The van der Waals surface area contributed by atoms with Crippen LogP contribution in [0, 0.1) is 0 Å². The van der Waals surface area contributed by atoms with Gasteiger partial charge < -0.3 is 10.6 Å². The standard InChI is InChI=1S/C14H21N3O2S/c18-20(19,17-11-7-8-11)14-6-2-1-5-13(14)16-12-4-3-9-15-10-12/h1-2,5-6,11-12,15-17H,3-4,7-10H2.